The van der Waals surface area contributed by atoms with Crippen LogP contribution in [-0.2, 0) is 11.3 Å². The third-order valence-corrected chi connectivity index (χ3v) is 3.64. The molecule has 0 aliphatic carbocycles. The molecule has 6 nitrogen and oxygen atoms in total. The maximum Gasteiger partial charge on any atom is 0.226 e. The number of anilines is 1. The van der Waals surface area contributed by atoms with Gasteiger partial charge < -0.3 is 14.2 Å². The van der Waals surface area contributed by atoms with E-state index in [1.165, 1.54) is 0 Å². The van der Waals surface area contributed by atoms with E-state index in [2.05, 4.69) is 26.4 Å². The van der Waals surface area contributed by atoms with E-state index in [-0.39, 0.29) is 11.3 Å². The second kappa shape index (κ2) is 5.38. The molecule has 1 atom stereocenters. The Morgan fingerprint density at radius 3 is 3.15 bits per heavy atom. The Morgan fingerprint density at radius 2 is 2.40 bits per heavy atom. The predicted molar refractivity (Wildman–Crippen MR) is 78.2 cm³/mol. The molecule has 0 bridgehead atoms. The van der Waals surface area contributed by atoms with E-state index >= 15 is 0 Å². The van der Waals surface area contributed by atoms with Gasteiger partial charge in [0.05, 0.1) is 25.6 Å². The van der Waals surface area contributed by atoms with Crippen molar-refractivity contribution in [2.24, 2.45) is 0 Å². The number of ether oxygens (including phenoxy) is 1. The van der Waals surface area contributed by atoms with Gasteiger partial charge in [-0.2, -0.15) is 9.97 Å². The third-order valence-electron chi connectivity index (χ3n) is 3.47. The fourth-order valence-corrected chi connectivity index (χ4v) is 2.58. The maximum absolute atomic E-state index is 6.07. The Bertz CT molecular complexity index is 641. The van der Waals surface area contributed by atoms with Crippen LogP contribution in [0.5, 0.6) is 0 Å². The summed E-state index contributed by atoms with van der Waals surface area (Å²) in [6.45, 7) is 8.68. The minimum absolute atomic E-state index is 0.0738. The van der Waals surface area contributed by atoms with Crippen molar-refractivity contribution in [3.05, 3.63) is 24.3 Å². The quantitative estimate of drug-likeness (QED) is 0.639. The van der Waals surface area contributed by atoms with Crippen molar-refractivity contribution in [1.82, 2.24) is 19.5 Å². The van der Waals surface area contributed by atoms with E-state index in [1.54, 1.807) is 6.33 Å². The first-order valence-electron chi connectivity index (χ1n) is 6.60. The normalized spacial score (nSPS) is 19.5. The highest BCUT2D eigenvalue weighted by atomic mass is 35.5. The van der Waals surface area contributed by atoms with Crippen LogP contribution in [0.15, 0.2) is 19.0 Å². The van der Waals surface area contributed by atoms with Crippen molar-refractivity contribution in [2.75, 3.05) is 24.7 Å². The molecule has 2 aromatic rings. The highest BCUT2D eigenvalue weighted by Gasteiger charge is 2.25. The van der Waals surface area contributed by atoms with Gasteiger partial charge in [-0.25, -0.2) is 4.98 Å². The van der Waals surface area contributed by atoms with Crippen LogP contribution in [0.2, 0.25) is 5.28 Å². The summed E-state index contributed by atoms with van der Waals surface area (Å²) in [5.74, 6) is 0.750. The van der Waals surface area contributed by atoms with Gasteiger partial charge in [0.2, 0.25) is 5.28 Å². The van der Waals surface area contributed by atoms with Gasteiger partial charge in [0.25, 0.3) is 0 Å². The van der Waals surface area contributed by atoms with Gasteiger partial charge in [0.1, 0.15) is 0 Å². The van der Waals surface area contributed by atoms with E-state index in [9.17, 15) is 0 Å². The number of halogens is 1. The first-order chi connectivity index (χ1) is 9.74. The van der Waals surface area contributed by atoms with Crippen molar-refractivity contribution < 1.29 is 4.74 Å². The Hall–Kier alpha value is -1.66. The molecular formula is C13H16ClN5O. The summed E-state index contributed by atoms with van der Waals surface area (Å²) in [5, 5.41) is 0.233. The van der Waals surface area contributed by atoms with Crippen LogP contribution in [0, 0.1) is 0 Å². The topological polar surface area (TPSA) is 56.1 Å². The zero-order valence-electron chi connectivity index (χ0n) is 11.3. The average Bonchev–Trinajstić information content (AvgIpc) is 2.89. The molecule has 7 heteroatoms. The molecule has 0 amide bonds. The summed E-state index contributed by atoms with van der Waals surface area (Å²) in [7, 11) is 0. The number of hydrogen-bond donors (Lipinski definition) is 0. The van der Waals surface area contributed by atoms with Crippen molar-refractivity contribution >= 4 is 28.6 Å². The first kappa shape index (κ1) is 13.3. The molecule has 0 saturated carbocycles. The lowest BCUT2D eigenvalue weighted by Crippen LogP contribution is -2.45. The fourth-order valence-electron chi connectivity index (χ4n) is 2.42. The number of fused-ring (bicyclic) bond motifs is 1. The third kappa shape index (κ3) is 2.14. The number of nitrogens with zero attached hydrogens (tertiary/aromatic N) is 5. The van der Waals surface area contributed by atoms with E-state index in [1.807, 2.05) is 17.6 Å². The van der Waals surface area contributed by atoms with Gasteiger partial charge in [-0.3, -0.25) is 0 Å². The molecule has 0 spiro atoms. The lowest BCUT2D eigenvalue weighted by molar-refractivity contribution is 0.106. The summed E-state index contributed by atoms with van der Waals surface area (Å²) in [4.78, 5) is 15.2. The largest absolute Gasteiger partial charge is 0.377 e. The second-order valence-electron chi connectivity index (χ2n) is 4.59. The van der Waals surface area contributed by atoms with Crippen LogP contribution in [0.25, 0.3) is 11.2 Å². The predicted octanol–water partition coefficient (Wildman–Crippen LogP) is 1.89. The fraction of sp³-hybridized carbons (Fsp3) is 0.462. The number of imidazole rings is 1. The second-order valence-corrected chi connectivity index (χ2v) is 4.93. The molecule has 1 fully saturated rings. The van der Waals surface area contributed by atoms with Crippen LogP contribution in [0.1, 0.15) is 6.92 Å². The minimum Gasteiger partial charge on any atom is -0.377 e. The van der Waals surface area contributed by atoms with E-state index in [4.69, 9.17) is 16.3 Å². The molecule has 1 saturated heterocycles. The molecule has 106 valence electrons. The molecule has 20 heavy (non-hydrogen) atoms. The van der Waals surface area contributed by atoms with Crippen molar-refractivity contribution in [2.45, 2.75) is 19.5 Å². The average molecular weight is 294 g/mol. The number of aryl methyl sites for hydroxylation is 1. The SMILES string of the molecule is C=CC1COCCN1c1nc(Cl)nc2c1ncn2CC. The lowest BCUT2D eigenvalue weighted by atomic mass is 10.2. The smallest absolute Gasteiger partial charge is 0.226 e. The highest BCUT2D eigenvalue weighted by molar-refractivity contribution is 6.28. The maximum atomic E-state index is 6.07. The molecule has 1 unspecified atom stereocenters. The summed E-state index contributed by atoms with van der Waals surface area (Å²) >= 11 is 6.07. The number of morpholine rings is 1. The Kier molecular flexibility index (Phi) is 3.58. The molecule has 3 rings (SSSR count). The summed E-state index contributed by atoms with van der Waals surface area (Å²) in [6.07, 6.45) is 3.63. The molecule has 0 aromatic carbocycles. The summed E-state index contributed by atoms with van der Waals surface area (Å²) < 4.78 is 7.43. The van der Waals surface area contributed by atoms with Crippen LogP contribution in [0.4, 0.5) is 5.82 Å². The van der Waals surface area contributed by atoms with Gasteiger partial charge in [-0.05, 0) is 18.5 Å². The van der Waals surface area contributed by atoms with Crippen molar-refractivity contribution in [3.63, 3.8) is 0 Å². The first-order valence-corrected chi connectivity index (χ1v) is 6.97. The minimum atomic E-state index is 0.0738. The Balaban J connectivity index is 2.14. The van der Waals surface area contributed by atoms with Crippen LogP contribution < -0.4 is 4.90 Å². The monoisotopic (exact) mass is 293 g/mol. The van der Waals surface area contributed by atoms with Crippen molar-refractivity contribution in [3.8, 4) is 0 Å². The van der Waals surface area contributed by atoms with Crippen molar-refractivity contribution in [1.29, 1.82) is 0 Å². The molecule has 1 aliphatic rings. The molecule has 1 aliphatic heterocycles. The molecule has 0 radical (unpaired) electrons. The van der Waals surface area contributed by atoms with Gasteiger partial charge in [-0.15, -0.1) is 6.58 Å². The van der Waals surface area contributed by atoms with Gasteiger partial charge in [-0.1, -0.05) is 6.08 Å². The zero-order chi connectivity index (χ0) is 14.1. The molecule has 3 heterocycles. The van der Waals surface area contributed by atoms with Crippen LogP contribution in [0.3, 0.4) is 0 Å². The molecule has 2 aromatic heterocycles. The Morgan fingerprint density at radius 1 is 1.55 bits per heavy atom. The number of aromatic nitrogens is 4. The lowest BCUT2D eigenvalue weighted by Gasteiger charge is -2.34. The van der Waals surface area contributed by atoms with E-state index in [0.29, 0.717) is 13.2 Å². The van der Waals surface area contributed by atoms with Gasteiger partial charge in [0, 0.05) is 13.1 Å². The molecular weight excluding hydrogens is 278 g/mol. The number of rotatable bonds is 3. The van der Waals surface area contributed by atoms with Crippen LogP contribution in [-0.4, -0.2) is 45.3 Å². The number of hydrogen-bond acceptors (Lipinski definition) is 5. The van der Waals surface area contributed by atoms with Gasteiger partial charge >= 0.3 is 0 Å². The zero-order valence-corrected chi connectivity index (χ0v) is 12.0. The highest BCUT2D eigenvalue weighted by Crippen LogP contribution is 2.27. The van der Waals surface area contributed by atoms with Crippen LogP contribution >= 0.6 is 11.6 Å². The van der Waals surface area contributed by atoms with E-state index in [0.717, 1.165) is 30.1 Å². The summed E-state index contributed by atoms with van der Waals surface area (Å²) in [6, 6.07) is 0.0738. The van der Waals surface area contributed by atoms with E-state index < -0.39 is 0 Å². The van der Waals surface area contributed by atoms with Gasteiger partial charge in [0.15, 0.2) is 17.0 Å². The standard InChI is InChI=1S/C13H16ClN5O/c1-3-9-7-20-6-5-19(9)12-10-11(16-13(14)17-12)18(4-2)8-15-10/h3,8-9H,1,4-7H2,2H3. The summed E-state index contributed by atoms with van der Waals surface area (Å²) in [5.41, 5.74) is 1.53. The Labute approximate surface area is 122 Å². The molecule has 0 N–H and O–H groups in total.